The number of aryl methyl sites for hydroxylation is 1. The normalized spacial score (nSPS) is 13.4. The minimum absolute atomic E-state index is 0.151. The number of carbonyl (C=O) groups excluding carboxylic acids is 1. The molecule has 6 heteroatoms. The molecule has 1 aliphatic rings. The van der Waals surface area contributed by atoms with Crippen LogP contribution < -0.4 is 10.1 Å². The van der Waals surface area contributed by atoms with E-state index in [1.807, 2.05) is 19.1 Å². The number of amides is 1. The van der Waals surface area contributed by atoms with Gasteiger partial charge in [0.2, 0.25) is 5.88 Å². The van der Waals surface area contributed by atoms with Crippen molar-refractivity contribution in [2.24, 2.45) is 0 Å². The van der Waals surface area contributed by atoms with Crippen LogP contribution in [0.5, 0.6) is 11.6 Å². The van der Waals surface area contributed by atoms with E-state index in [2.05, 4.69) is 26.3 Å². The number of benzene rings is 1. The lowest BCUT2D eigenvalue weighted by Gasteiger charge is -2.18. The van der Waals surface area contributed by atoms with Crippen LogP contribution in [0, 0.1) is 0 Å². The number of hydrogen-bond donors (Lipinski definition) is 2. The molecule has 1 aliphatic carbocycles. The topological polar surface area (TPSA) is 79.9 Å². The van der Waals surface area contributed by atoms with Crippen molar-refractivity contribution in [1.82, 2.24) is 20.3 Å². The first kappa shape index (κ1) is 16.6. The average molecular weight is 350 g/mol. The second-order valence-corrected chi connectivity index (χ2v) is 6.57. The minimum Gasteiger partial charge on any atom is -0.437 e. The van der Waals surface area contributed by atoms with Crippen LogP contribution in [0.3, 0.4) is 0 Å². The summed E-state index contributed by atoms with van der Waals surface area (Å²) in [6.07, 6.45) is 8.64. The predicted molar refractivity (Wildman–Crippen MR) is 99.7 cm³/mol. The molecule has 26 heavy (non-hydrogen) atoms. The molecule has 0 atom stereocenters. The molecule has 0 bridgehead atoms. The lowest BCUT2D eigenvalue weighted by Crippen LogP contribution is -2.23. The smallest absolute Gasteiger partial charge is 0.255 e. The zero-order chi connectivity index (χ0) is 17.9. The molecule has 1 amide bonds. The highest BCUT2D eigenvalue weighted by Crippen LogP contribution is 2.32. The molecular formula is C20H22N4O2. The van der Waals surface area contributed by atoms with Crippen molar-refractivity contribution in [3.05, 3.63) is 47.3 Å². The Bertz CT molecular complexity index is 948. The molecule has 4 rings (SSSR count). The van der Waals surface area contributed by atoms with Gasteiger partial charge in [0.25, 0.3) is 5.91 Å². The van der Waals surface area contributed by atoms with E-state index >= 15 is 0 Å². The van der Waals surface area contributed by atoms with E-state index in [0.717, 1.165) is 25.0 Å². The third-order valence-electron chi connectivity index (χ3n) is 4.71. The van der Waals surface area contributed by atoms with Gasteiger partial charge in [-0.3, -0.25) is 4.79 Å². The molecular weight excluding hydrogens is 328 g/mol. The summed E-state index contributed by atoms with van der Waals surface area (Å²) >= 11 is 0. The van der Waals surface area contributed by atoms with Gasteiger partial charge in [0, 0.05) is 12.7 Å². The summed E-state index contributed by atoms with van der Waals surface area (Å²) in [7, 11) is 0. The quantitative estimate of drug-likeness (QED) is 0.734. The standard InChI is InChI=1S/C20H22N4O2/c1-2-10-21-20(25)15-11-22-19-18(15)24-17(12-23-19)26-16-9-5-7-13-6-3-4-8-14(13)16/h5,7,9,11-12H,2-4,6,8,10H2,1H3,(H,21,25)(H,22,23). The van der Waals surface area contributed by atoms with E-state index in [9.17, 15) is 4.79 Å². The Morgan fingerprint density at radius 3 is 3.08 bits per heavy atom. The first-order chi connectivity index (χ1) is 12.8. The molecule has 0 radical (unpaired) electrons. The molecule has 0 unspecified atom stereocenters. The Kier molecular flexibility index (Phi) is 4.56. The summed E-state index contributed by atoms with van der Waals surface area (Å²) in [5.41, 5.74) is 4.20. The molecule has 3 aromatic rings. The minimum atomic E-state index is -0.151. The maximum atomic E-state index is 12.3. The largest absolute Gasteiger partial charge is 0.437 e. The molecule has 6 nitrogen and oxygen atoms in total. The van der Waals surface area contributed by atoms with Gasteiger partial charge in [-0.15, -0.1) is 0 Å². The fourth-order valence-electron chi connectivity index (χ4n) is 3.39. The van der Waals surface area contributed by atoms with Gasteiger partial charge >= 0.3 is 0 Å². The third-order valence-corrected chi connectivity index (χ3v) is 4.71. The van der Waals surface area contributed by atoms with Crippen LogP contribution in [-0.4, -0.2) is 27.4 Å². The van der Waals surface area contributed by atoms with Gasteiger partial charge in [-0.25, -0.2) is 9.97 Å². The van der Waals surface area contributed by atoms with E-state index in [0.29, 0.717) is 29.2 Å². The second kappa shape index (κ2) is 7.15. The second-order valence-electron chi connectivity index (χ2n) is 6.57. The highest BCUT2D eigenvalue weighted by atomic mass is 16.5. The maximum Gasteiger partial charge on any atom is 0.255 e. The third kappa shape index (κ3) is 3.14. The van der Waals surface area contributed by atoms with Gasteiger partial charge in [0.15, 0.2) is 5.65 Å². The fraction of sp³-hybridized carbons (Fsp3) is 0.350. The molecule has 0 saturated heterocycles. The molecule has 134 valence electrons. The van der Waals surface area contributed by atoms with Crippen molar-refractivity contribution in [2.75, 3.05) is 6.54 Å². The van der Waals surface area contributed by atoms with Crippen LogP contribution >= 0.6 is 0 Å². The summed E-state index contributed by atoms with van der Waals surface area (Å²) < 4.78 is 6.05. The number of fused-ring (bicyclic) bond motifs is 2. The number of aromatic amines is 1. The highest BCUT2D eigenvalue weighted by molar-refractivity contribution is 6.04. The number of H-pyrrole nitrogens is 1. The van der Waals surface area contributed by atoms with Gasteiger partial charge < -0.3 is 15.0 Å². The summed E-state index contributed by atoms with van der Waals surface area (Å²) in [6, 6.07) is 6.16. The molecule has 0 saturated carbocycles. The molecule has 2 aromatic heterocycles. The lowest BCUT2D eigenvalue weighted by molar-refractivity contribution is 0.0955. The van der Waals surface area contributed by atoms with Gasteiger partial charge in [-0.1, -0.05) is 19.1 Å². The van der Waals surface area contributed by atoms with E-state index in [-0.39, 0.29) is 5.91 Å². The van der Waals surface area contributed by atoms with Crippen molar-refractivity contribution >= 4 is 17.1 Å². The Hall–Kier alpha value is -2.89. The predicted octanol–water partition coefficient (Wildman–Crippen LogP) is 3.77. The highest BCUT2D eigenvalue weighted by Gasteiger charge is 2.17. The number of aromatic nitrogens is 3. The molecule has 0 fully saturated rings. The van der Waals surface area contributed by atoms with Crippen molar-refractivity contribution in [3.8, 4) is 11.6 Å². The zero-order valence-corrected chi connectivity index (χ0v) is 14.8. The Balaban J connectivity index is 1.65. The maximum absolute atomic E-state index is 12.3. The van der Waals surface area contributed by atoms with E-state index in [1.165, 1.54) is 24.0 Å². The zero-order valence-electron chi connectivity index (χ0n) is 14.8. The van der Waals surface area contributed by atoms with Crippen molar-refractivity contribution in [3.63, 3.8) is 0 Å². The molecule has 0 spiro atoms. The van der Waals surface area contributed by atoms with Crippen LogP contribution in [0.25, 0.3) is 11.2 Å². The van der Waals surface area contributed by atoms with Crippen LogP contribution in [-0.2, 0) is 12.8 Å². The van der Waals surface area contributed by atoms with Gasteiger partial charge in [-0.05, 0) is 49.3 Å². The number of ether oxygens (including phenoxy) is 1. The molecule has 2 N–H and O–H groups in total. The van der Waals surface area contributed by atoms with E-state index in [4.69, 9.17) is 4.74 Å². The number of rotatable bonds is 5. The van der Waals surface area contributed by atoms with Crippen LogP contribution in [0.2, 0.25) is 0 Å². The molecule has 0 aliphatic heterocycles. The van der Waals surface area contributed by atoms with Crippen LogP contribution in [0.1, 0.15) is 47.7 Å². The van der Waals surface area contributed by atoms with Crippen LogP contribution in [0.4, 0.5) is 0 Å². The SMILES string of the molecule is CCCNC(=O)c1c[nH]c2ncc(Oc3cccc4c3CCCC4)nc12. The first-order valence-corrected chi connectivity index (χ1v) is 9.17. The number of carbonyl (C=O) groups is 1. The van der Waals surface area contributed by atoms with Gasteiger partial charge in [0.1, 0.15) is 11.3 Å². The Morgan fingerprint density at radius 2 is 2.19 bits per heavy atom. The average Bonchev–Trinajstić information content (AvgIpc) is 3.10. The van der Waals surface area contributed by atoms with E-state index < -0.39 is 0 Å². The van der Waals surface area contributed by atoms with Gasteiger partial charge in [0.05, 0.1) is 11.8 Å². The van der Waals surface area contributed by atoms with Crippen LogP contribution in [0.15, 0.2) is 30.6 Å². The first-order valence-electron chi connectivity index (χ1n) is 9.17. The summed E-state index contributed by atoms with van der Waals surface area (Å²) in [5.74, 6) is 1.09. The van der Waals surface area contributed by atoms with Crippen molar-refractivity contribution in [1.29, 1.82) is 0 Å². The molecule has 1 aromatic carbocycles. The number of hydrogen-bond acceptors (Lipinski definition) is 4. The Labute approximate surface area is 152 Å². The number of nitrogens with one attached hydrogen (secondary N) is 2. The van der Waals surface area contributed by atoms with Gasteiger partial charge in [-0.2, -0.15) is 0 Å². The summed E-state index contributed by atoms with van der Waals surface area (Å²) in [4.78, 5) is 24.2. The number of nitrogens with zero attached hydrogens (tertiary/aromatic N) is 2. The van der Waals surface area contributed by atoms with E-state index in [1.54, 1.807) is 12.4 Å². The summed E-state index contributed by atoms with van der Waals surface area (Å²) in [5, 5.41) is 2.87. The monoisotopic (exact) mass is 350 g/mol. The van der Waals surface area contributed by atoms with Crippen molar-refractivity contribution in [2.45, 2.75) is 39.0 Å². The van der Waals surface area contributed by atoms with Crippen molar-refractivity contribution < 1.29 is 9.53 Å². The molecule has 2 heterocycles. The fourth-order valence-corrected chi connectivity index (χ4v) is 3.39. The summed E-state index contributed by atoms with van der Waals surface area (Å²) in [6.45, 7) is 2.65. The Morgan fingerprint density at radius 1 is 1.31 bits per heavy atom. The lowest BCUT2D eigenvalue weighted by atomic mass is 9.91.